The Bertz CT molecular complexity index is 938. The standard InChI is InChI=1S/C21H19FN2O5/c1-3-23(15-10-8-14(22)9-11-15)18(25)12-29-21(28)13(2)24-19(26)16-6-4-5-7-17(16)20(24)27/h4-11,13H,3,12H2,1-2H3/t13-/m0/s1. The van der Waals surface area contributed by atoms with Crippen molar-refractivity contribution in [1.82, 2.24) is 4.90 Å². The number of imide groups is 1. The molecule has 150 valence electrons. The number of nitrogens with zero attached hydrogens (tertiary/aromatic N) is 2. The monoisotopic (exact) mass is 398 g/mol. The Morgan fingerprint density at radius 3 is 2.10 bits per heavy atom. The molecule has 2 aromatic carbocycles. The van der Waals surface area contributed by atoms with E-state index in [0.717, 1.165) is 4.90 Å². The van der Waals surface area contributed by atoms with E-state index in [-0.39, 0.29) is 17.7 Å². The molecule has 0 fully saturated rings. The molecule has 1 atom stereocenters. The number of anilines is 1. The average Bonchev–Trinajstić information content (AvgIpc) is 2.98. The smallest absolute Gasteiger partial charge is 0.329 e. The van der Waals surface area contributed by atoms with E-state index in [1.807, 2.05) is 0 Å². The van der Waals surface area contributed by atoms with Crippen molar-refractivity contribution in [2.24, 2.45) is 0 Å². The van der Waals surface area contributed by atoms with Crippen LogP contribution in [-0.4, -0.2) is 47.8 Å². The van der Waals surface area contributed by atoms with Gasteiger partial charge in [0.15, 0.2) is 6.61 Å². The summed E-state index contributed by atoms with van der Waals surface area (Å²) in [4.78, 5) is 51.9. The number of amides is 3. The van der Waals surface area contributed by atoms with Gasteiger partial charge < -0.3 is 9.64 Å². The van der Waals surface area contributed by atoms with Crippen LogP contribution in [-0.2, 0) is 14.3 Å². The van der Waals surface area contributed by atoms with Gasteiger partial charge in [-0.05, 0) is 50.2 Å². The second-order valence-corrected chi connectivity index (χ2v) is 6.42. The molecule has 1 aliphatic heterocycles. The van der Waals surface area contributed by atoms with Gasteiger partial charge >= 0.3 is 5.97 Å². The molecule has 0 aliphatic carbocycles. The second kappa shape index (κ2) is 8.22. The summed E-state index contributed by atoms with van der Waals surface area (Å²) in [6, 6.07) is 10.4. The van der Waals surface area contributed by atoms with E-state index in [1.165, 1.54) is 48.2 Å². The number of halogens is 1. The first kappa shape index (κ1) is 20.2. The van der Waals surface area contributed by atoms with Crippen LogP contribution in [0.1, 0.15) is 34.6 Å². The van der Waals surface area contributed by atoms with Crippen molar-refractivity contribution in [1.29, 1.82) is 0 Å². The van der Waals surface area contributed by atoms with Crippen LogP contribution in [0.25, 0.3) is 0 Å². The number of hydrogen-bond donors (Lipinski definition) is 0. The minimum Gasteiger partial charge on any atom is -0.454 e. The highest BCUT2D eigenvalue weighted by Gasteiger charge is 2.41. The lowest BCUT2D eigenvalue weighted by molar-refractivity contribution is -0.151. The maximum Gasteiger partial charge on any atom is 0.329 e. The number of benzene rings is 2. The lowest BCUT2D eigenvalue weighted by Gasteiger charge is -2.23. The van der Waals surface area contributed by atoms with Gasteiger partial charge in [-0.3, -0.25) is 19.3 Å². The van der Waals surface area contributed by atoms with E-state index in [4.69, 9.17) is 4.74 Å². The third-order valence-electron chi connectivity index (χ3n) is 4.65. The van der Waals surface area contributed by atoms with Crippen molar-refractivity contribution in [2.45, 2.75) is 19.9 Å². The summed E-state index contributed by atoms with van der Waals surface area (Å²) >= 11 is 0. The summed E-state index contributed by atoms with van der Waals surface area (Å²) in [7, 11) is 0. The minimum atomic E-state index is -1.18. The fourth-order valence-corrected chi connectivity index (χ4v) is 3.12. The summed E-state index contributed by atoms with van der Waals surface area (Å²) in [5.41, 5.74) is 0.909. The normalized spacial score (nSPS) is 13.8. The molecule has 0 saturated heterocycles. The molecule has 1 heterocycles. The van der Waals surface area contributed by atoms with Gasteiger partial charge in [-0.1, -0.05) is 12.1 Å². The number of likely N-dealkylation sites (N-methyl/N-ethyl adjacent to an activating group) is 1. The number of carbonyl (C=O) groups excluding carboxylic acids is 4. The van der Waals surface area contributed by atoms with Crippen LogP contribution in [0.4, 0.5) is 10.1 Å². The van der Waals surface area contributed by atoms with Crippen molar-refractivity contribution < 1.29 is 28.3 Å². The number of carbonyl (C=O) groups is 4. The highest BCUT2D eigenvalue weighted by Crippen LogP contribution is 2.24. The summed E-state index contributed by atoms with van der Waals surface area (Å²) in [6.07, 6.45) is 0. The van der Waals surface area contributed by atoms with Gasteiger partial charge in [0, 0.05) is 12.2 Å². The van der Waals surface area contributed by atoms with Gasteiger partial charge in [0.2, 0.25) is 0 Å². The van der Waals surface area contributed by atoms with Crippen LogP contribution < -0.4 is 4.90 Å². The Kier molecular flexibility index (Phi) is 5.72. The first-order chi connectivity index (χ1) is 13.8. The van der Waals surface area contributed by atoms with Crippen LogP contribution in [0.15, 0.2) is 48.5 Å². The molecule has 3 amide bonds. The average molecular weight is 398 g/mol. The molecule has 1 aliphatic rings. The summed E-state index contributed by atoms with van der Waals surface area (Å²) in [6.45, 7) is 2.81. The quantitative estimate of drug-likeness (QED) is 0.551. The molecular formula is C21H19FN2O5. The largest absolute Gasteiger partial charge is 0.454 e. The lowest BCUT2D eigenvalue weighted by atomic mass is 10.1. The molecule has 0 spiro atoms. The molecule has 0 N–H and O–H groups in total. The Morgan fingerprint density at radius 1 is 1.03 bits per heavy atom. The zero-order valence-corrected chi connectivity index (χ0v) is 15.9. The Labute approximate surface area is 166 Å². The zero-order chi connectivity index (χ0) is 21.1. The van der Waals surface area contributed by atoms with Crippen molar-refractivity contribution >= 4 is 29.4 Å². The Balaban J connectivity index is 1.64. The predicted molar refractivity (Wildman–Crippen MR) is 102 cm³/mol. The number of rotatable bonds is 6. The first-order valence-corrected chi connectivity index (χ1v) is 9.04. The van der Waals surface area contributed by atoms with Crippen LogP contribution in [0.2, 0.25) is 0 Å². The van der Waals surface area contributed by atoms with E-state index in [9.17, 15) is 23.6 Å². The van der Waals surface area contributed by atoms with Crippen LogP contribution in [0.3, 0.4) is 0 Å². The highest BCUT2D eigenvalue weighted by molar-refractivity contribution is 6.22. The fourth-order valence-electron chi connectivity index (χ4n) is 3.12. The first-order valence-electron chi connectivity index (χ1n) is 9.04. The molecular weight excluding hydrogens is 379 g/mol. The summed E-state index contributed by atoms with van der Waals surface area (Å²) < 4.78 is 18.1. The maximum absolute atomic E-state index is 13.1. The predicted octanol–water partition coefficient (Wildman–Crippen LogP) is 2.41. The number of fused-ring (bicyclic) bond motifs is 1. The third-order valence-corrected chi connectivity index (χ3v) is 4.65. The number of ether oxygens (including phenoxy) is 1. The molecule has 0 bridgehead atoms. The minimum absolute atomic E-state index is 0.224. The molecule has 8 heteroatoms. The molecule has 3 rings (SSSR count). The van der Waals surface area contributed by atoms with Crippen molar-refractivity contribution in [2.75, 3.05) is 18.1 Å². The van der Waals surface area contributed by atoms with Crippen LogP contribution >= 0.6 is 0 Å². The summed E-state index contributed by atoms with van der Waals surface area (Å²) in [5.74, 6) is -2.98. The van der Waals surface area contributed by atoms with Crippen LogP contribution in [0.5, 0.6) is 0 Å². The molecule has 29 heavy (non-hydrogen) atoms. The summed E-state index contributed by atoms with van der Waals surface area (Å²) in [5, 5.41) is 0. The lowest BCUT2D eigenvalue weighted by Crippen LogP contribution is -2.44. The molecule has 0 unspecified atom stereocenters. The van der Waals surface area contributed by atoms with Crippen molar-refractivity contribution in [3.05, 3.63) is 65.5 Å². The molecule has 0 aromatic heterocycles. The van der Waals surface area contributed by atoms with Gasteiger partial charge in [0.25, 0.3) is 17.7 Å². The topological polar surface area (TPSA) is 84.0 Å². The molecule has 7 nitrogen and oxygen atoms in total. The molecule has 0 radical (unpaired) electrons. The van der Waals surface area contributed by atoms with E-state index in [2.05, 4.69) is 0 Å². The molecule has 2 aromatic rings. The Hall–Kier alpha value is -3.55. The van der Waals surface area contributed by atoms with Crippen molar-refractivity contribution in [3.8, 4) is 0 Å². The molecule has 0 saturated carbocycles. The van der Waals surface area contributed by atoms with Gasteiger partial charge in [-0.25, -0.2) is 9.18 Å². The fraction of sp³-hybridized carbons (Fsp3) is 0.238. The number of esters is 1. The van der Waals surface area contributed by atoms with Crippen LogP contribution in [0, 0.1) is 5.82 Å². The third kappa shape index (κ3) is 3.87. The maximum atomic E-state index is 13.1. The van der Waals surface area contributed by atoms with Gasteiger partial charge in [0.1, 0.15) is 11.9 Å². The highest BCUT2D eigenvalue weighted by atomic mass is 19.1. The van der Waals surface area contributed by atoms with E-state index in [1.54, 1.807) is 19.1 Å². The van der Waals surface area contributed by atoms with E-state index < -0.39 is 42.2 Å². The van der Waals surface area contributed by atoms with Gasteiger partial charge in [0.05, 0.1) is 11.1 Å². The zero-order valence-electron chi connectivity index (χ0n) is 15.9. The van der Waals surface area contributed by atoms with Crippen molar-refractivity contribution in [3.63, 3.8) is 0 Å². The van der Waals surface area contributed by atoms with Gasteiger partial charge in [-0.2, -0.15) is 0 Å². The number of hydrogen-bond acceptors (Lipinski definition) is 5. The van der Waals surface area contributed by atoms with E-state index >= 15 is 0 Å². The SMILES string of the molecule is CCN(C(=O)COC(=O)[C@H](C)N1C(=O)c2ccccc2C1=O)c1ccc(F)cc1. The second-order valence-electron chi connectivity index (χ2n) is 6.42. The van der Waals surface area contributed by atoms with Gasteiger partial charge in [-0.15, -0.1) is 0 Å². The Morgan fingerprint density at radius 2 is 1.59 bits per heavy atom. The van der Waals surface area contributed by atoms with E-state index in [0.29, 0.717) is 5.69 Å².